The van der Waals surface area contributed by atoms with Crippen LogP contribution in [0.5, 0.6) is 0 Å². The fourth-order valence-corrected chi connectivity index (χ4v) is 5.51. The lowest BCUT2D eigenvalue weighted by Gasteiger charge is -2.44. The van der Waals surface area contributed by atoms with E-state index in [-0.39, 0.29) is 36.5 Å². The number of nitrogens with zero attached hydrogens (tertiary/aromatic N) is 3. The Morgan fingerprint density at radius 3 is 2.07 bits per heavy atom. The molecule has 29 heavy (non-hydrogen) atoms. The van der Waals surface area contributed by atoms with Crippen LogP contribution >= 0.6 is 35.8 Å². The summed E-state index contributed by atoms with van der Waals surface area (Å²) < 4.78 is 39.5. The zero-order valence-corrected chi connectivity index (χ0v) is 18.3. The Bertz CT molecular complexity index is 824. The fourth-order valence-electron chi connectivity index (χ4n) is 3.74. The molecule has 2 aliphatic heterocycles. The second kappa shape index (κ2) is 9.70. The molecule has 1 saturated heterocycles. The highest BCUT2D eigenvalue weighted by Crippen LogP contribution is 2.64. The first-order valence-electron chi connectivity index (χ1n) is 9.16. The van der Waals surface area contributed by atoms with Crippen molar-refractivity contribution in [2.24, 2.45) is 5.73 Å². The highest BCUT2D eigenvalue weighted by Gasteiger charge is 2.42. The van der Waals surface area contributed by atoms with Crippen molar-refractivity contribution in [1.29, 1.82) is 0 Å². The first-order valence-corrected chi connectivity index (χ1v) is 10.6. The summed E-state index contributed by atoms with van der Waals surface area (Å²) in [5.74, 6) is -0.487. The van der Waals surface area contributed by atoms with E-state index >= 15 is 0 Å². The Hall–Kier alpha value is -1.26. The second-order valence-electron chi connectivity index (χ2n) is 7.01. The van der Waals surface area contributed by atoms with E-state index in [4.69, 9.17) is 5.73 Å². The third kappa shape index (κ3) is 4.59. The summed E-state index contributed by atoms with van der Waals surface area (Å²) in [5, 5.41) is 0. The van der Waals surface area contributed by atoms with Crippen LogP contribution in [-0.2, 0) is 0 Å². The Kier molecular flexibility index (Phi) is 8.03. The summed E-state index contributed by atoms with van der Waals surface area (Å²) in [6, 6.07) is 13.7. The maximum Gasteiger partial charge on any atom is 0.148 e. The van der Waals surface area contributed by atoms with E-state index in [1.807, 2.05) is 18.2 Å². The van der Waals surface area contributed by atoms with Crippen LogP contribution in [0.15, 0.2) is 48.5 Å². The van der Waals surface area contributed by atoms with Crippen LogP contribution in [0.25, 0.3) is 0 Å². The third-order valence-corrected chi connectivity index (χ3v) is 7.09. The van der Waals surface area contributed by atoms with Gasteiger partial charge in [0.25, 0.3) is 0 Å². The lowest BCUT2D eigenvalue weighted by molar-refractivity contribution is 0.219. The molecule has 0 aliphatic carbocycles. The second-order valence-corrected chi connectivity index (χ2v) is 8.79. The molecule has 0 bridgehead atoms. The van der Waals surface area contributed by atoms with Gasteiger partial charge in [0.1, 0.15) is 11.5 Å². The number of halogens is 3. The van der Waals surface area contributed by atoms with Crippen LogP contribution in [-0.4, -0.2) is 46.2 Å². The number of fused-ring (bicyclic) bond motifs is 1. The van der Waals surface area contributed by atoms with Crippen molar-refractivity contribution in [1.82, 2.24) is 4.90 Å². The number of benzene rings is 2. The SMILES string of the molecule is Cl.Cl.NC1CCN(CCN2c3ccccc3N(c3ccccc3F)S2(O)O)CC1. The molecule has 162 valence electrons. The van der Waals surface area contributed by atoms with Gasteiger partial charge in [0.2, 0.25) is 0 Å². The molecule has 2 aromatic carbocycles. The number of rotatable bonds is 4. The summed E-state index contributed by atoms with van der Waals surface area (Å²) in [6.45, 7) is 2.96. The average molecular weight is 465 g/mol. The maximum absolute atomic E-state index is 14.4. The number of hydrogen-bond donors (Lipinski definition) is 3. The average Bonchev–Trinajstić information content (AvgIpc) is 2.88. The molecule has 2 aliphatic rings. The van der Waals surface area contributed by atoms with Crippen molar-refractivity contribution < 1.29 is 13.5 Å². The van der Waals surface area contributed by atoms with E-state index < -0.39 is 16.8 Å². The van der Waals surface area contributed by atoms with Gasteiger partial charge in [-0.15, -0.1) is 24.8 Å². The smallest absolute Gasteiger partial charge is 0.148 e. The molecule has 0 unspecified atom stereocenters. The molecule has 0 saturated carbocycles. The molecular formula is C19H27Cl2FN4O2S. The fraction of sp³-hybridized carbons (Fsp3) is 0.368. The van der Waals surface area contributed by atoms with Gasteiger partial charge in [-0.05, 0) is 61.2 Å². The summed E-state index contributed by atoms with van der Waals surface area (Å²) in [4.78, 5) is 2.28. The largest absolute Gasteiger partial charge is 0.328 e. The Balaban J connectivity index is 0.00000150. The van der Waals surface area contributed by atoms with Gasteiger partial charge in [-0.1, -0.05) is 24.3 Å². The van der Waals surface area contributed by atoms with Gasteiger partial charge in [0, 0.05) is 12.6 Å². The van der Waals surface area contributed by atoms with E-state index in [0.717, 1.165) is 25.9 Å². The number of para-hydroxylation sites is 3. The van der Waals surface area contributed by atoms with Crippen molar-refractivity contribution >= 4 is 52.8 Å². The highest BCUT2D eigenvalue weighted by molar-refractivity contribution is 8.27. The van der Waals surface area contributed by atoms with Gasteiger partial charge in [0.15, 0.2) is 0 Å². The van der Waals surface area contributed by atoms with E-state index in [1.165, 1.54) is 10.4 Å². The van der Waals surface area contributed by atoms with Gasteiger partial charge < -0.3 is 10.6 Å². The van der Waals surface area contributed by atoms with Crippen molar-refractivity contribution in [2.75, 3.05) is 34.8 Å². The van der Waals surface area contributed by atoms with Crippen LogP contribution in [0.2, 0.25) is 0 Å². The van der Waals surface area contributed by atoms with E-state index in [1.54, 1.807) is 28.6 Å². The lowest BCUT2D eigenvalue weighted by Crippen LogP contribution is -2.43. The van der Waals surface area contributed by atoms with E-state index in [0.29, 0.717) is 24.5 Å². The molecule has 0 spiro atoms. The van der Waals surface area contributed by atoms with Gasteiger partial charge in [-0.25, -0.2) is 8.70 Å². The molecule has 0 radical (unpaired) electrons. The number of hydrogen-bond acceptors (Lipinski definition) is 6. The number of anilines is 3. The standard InChI is InChI=1S/C19H25FN4O2S.2ClH/c20-16-5-1-2-6-17(16)24-19-8-4-3-7-18(19)23(27(24,25)26)14-13-22-11-9-15(21)10-12-22;;/h1-8,15,25-26H,9-14,21H2;2*1H. The quantitative estimate of drug-likeness (QED) is 0.612. The van der Waals surface area contributed by atoms with Crippen LogP contribution < -0.4 is 14.3 Å². The summed E-state index contributed by atoms with van der Waals surface area (Å²) >= 11 is 0. The van der Waals surface area contributed by atoms with Crippen LogP contribution in [0, 0.1) is 5.82 Å². The molecule has 0 aromatic heterocycles. The van der Waals surface area contributed by atoms with Gasteiger partial charge in [-0.2, -0.15) is 0 Å². The van der Waals surface area contributed by atoms with Gasteiger partial charge in [-0.3, -0.25) is 13.4 Å². The Labute approximate surface area is 184 Å². The number of nitrogens with two attached hydrogens (primary N) is 1. The summed E-state index contributed by atoms with van der Waals surface area (Å²) in [6.07, 6.45) is 1.91. The van der Waals surface area contributed by atoms with Crippen molar-refractivity contribution in [3.05, 3.63) is 54.3 Å². The number of piperidine rings is 1. The minimum atomic E-state index is -3.40. The molecule has 2 heterocycles. The minimum absolute atomic E-state index is 0. The zero-order valence-electron chi connectivity index (χ0n) is 15.9. The van der Waals surface area contributed by atoms with E-state index in [2.05, 4.69) is 4.90 Å². The first-order chi connectivity index (χ1) is 13.0. The molecule has 1 fully saturated rings. The van der Waals surface area contributed by atoms with Crippen molar-refractivity contribution in [2.45, 2.75) is 18.9 Å². The minimum Gasteiger partial charge on any atom is -0.328 e. The molecule has 0 atom stereocenters. The Morgan fingerprint density at radius 2 is 1.45 bits per heavy atom. The maximum atomic E-state index is 14.4. The lowest BCUT2D eigenvalue weighted by atomic mass is 10.1. The van der Waals surface area contributed by atoms with Crippen molar-refractivity contribution in [3.8, 4) is 0 Å². The zero-order chi connectivity index (χ0) is 19.0. The molecule has 2 aromatic rings. The summed E-state index contributed by atoms with van der Waals surface area (Å²) in [5.41, 5.74) is 7.43. The topological polar surface area (TPSA) is 76.2 Å². The van der Waals surface area contributed by atoms with Crippen LogP contribution in [0.4, 0.5) is 21.5 Å². The molecule has 4 rings (SSSR count). The van der Waals surface area contributed by atoms with E-state index in [9.17, 15) is 13.5 Å². The third-order valence-electron chi connectivity index (χ3n) is 5.23. The summed E-state index contributed by atoms with van der Waals surface area (Å²) in [7, 11) is -3.40. The molecule has 10 heteroatoms. The predicted molar refractivity (Wildman–Crippen MR) is 123 cm³/mol. The van der Waals surface area contributed by atoms with Crippen LogP contribution in [0.3, 0.4) is 0 Å². The monoisotopic (exact) mass is 464 g/mol. The van der Waals surface area contributed by atoms with Crippen LogP contribution in [0.1, 0.15) is 12.8 Å². The normalized spacial score (nSPS) is 19.9. The van der Waals surface area contributed by atoms with Gasteiger partial charge >= 0.3 is 0 Å². The molecule has 0 amide bonds. The van der Waals surface area contributed by atoms with Crippen molar-refractivity contribution in [3.63, 3.8) is 0 Å². The Morgan fingerprint density at radius 1 is 0.897 bits per heavy atom. The molecule has 4 N–H and O–H groups in total. The molecular weight excluding hydrogens is 438 g/mol. The first kappa shape index (κ1) is 24.0. The highest BCUT2D eigenvalue weighted by atomic mass is 35.5. The number of likely N-dealkylation sites (tertiary alicyclic amines) is 1. The predicted octanol–water partition coefficient (Wildman–Crippen LogP) is 4.63. The molecule has 6 nitrogen and oxygen atoms in total. The van der Waals surface area contributed by atoms with Gasteiger partial charge in [0.05, 0.1) is 17.9 Å².